The van der Waals surface area contributed by atoms with Crippen LogP contribution in [0.15, 0.2) is 18.2 Å². The van der Waals surface area contributed by atoms with Gasteiger partial charge in [0.15, 0.2) is 0 Å². The first-order valence-electron chi connectivity index (χ1n) is 8.41. The van der Waals surface area contributed by atoms with Gasteiger partial charge in [-0.3, -0.25) is 4.90 Å². The maximum absolute atomic E-state index is 11.1. The molecule has 4 nitrogen and oxygen atoms in total. The van der Waals surface area contributed by atoms with Crippen molar-refractivity contribution in [3.05, 3.63) is 23.8 Å². The monoisotopic (exact) mass is 305 g/mol. The van der Waals surface area contributed by atoms with Crippen molar-refractivity contribution < 1.29 is 14.6 Å². The van der Waals surface area contributed by atoms with Gasteiger partial charge in [0.25, 0.3) is 0 Å². The van der Waals surface area contributed by atoms with Crippen LogP contribution in [0.2, 0.25) is 0 Å². The Bertz CT molecular complexity index is 523. The van der Waals surface area contributed by atoms with Crippen molar-refractivity contribution in [3.63, 3.8) is 0 Å². The third-order valence-electron chi connectivity index (χ3n) is 4.70. The van der Waals surface area contributed by atoms with Gasteiger partial charge >= 0.3 is 0 Å². The summed E-state index contributed by atoms with van der Waals surface area (Å²) in [6, 6.07) is 5.76. The van der Waals surface area contributed by atoms with E-state index in [1.54, 1.807) is 0 Å². The van der Waals surface area contributed by atoms with Gasteiger partial charge in [-0.15, -0.1) is 0 Å². The van der Waals surface area contributed by atoms with Crippen molar-refractivity contribution in [3.8, 4) is 11.5 Å². The summed E-state index contributed by atoms with van der Waals surface area (Å²) in [5.74, 6) is 1.51. The zero-order valence-electron chi connectivity index (χ0n) is 13.8. The van der Waals surface area contributed by atoms with E-state index in [1.807, 2.05) is 18.2 Å². The summed E-state index contributed by atoms with van der Waals surface area (Å²) in [4.78, 5) is 2.37. The second kappa shape index (κ2) is 6.09. The summed E-state index contributed by atoms with van der Waals surface area (Å²) in [7, 11) is 0. The van der Waals surface area contributed by atoms with E-state index in [0.717, 1.165) is 36.6 Å². The molecule has 1 N–H and O–H groups in total. The molecule has 2 unspecified atom stereocenters. The van der Waals surface area contributed by atoms with Crippen LogP contribution in [0, 0.1) is 0 Å². The van der Waals surface area contributed by atoms with E-state index >= 15 is 0 Å². The summed E-state index contributed by atoms with van der Waals surface area (Å²) in [5.41, 5.74) is 0.396. The Morgan fingerprint density at radius 2 is 2.05 bits per heavy atom. The summed E-state index contributed by atoms with van der Waals surface area (Å²) in [6.45, 7) is 8.94. The number of nitrogens with zero attached hydrogens (tertiary/aromatic N) is 1. The molecule has 3 rings (SSSR count). The highest BCUT2D eigenvalue weighted by molar-refractivity contribution is 5.49. The van der Waals surface area contributed by atoms with Gasteiger partial charge in [0.2, 0.25) is 0 Å². The number of aliphatic hydroxyl groups is 1. The van der Waals surface area contributed by atoms with Crippen molar-refractivity contribution in [2.45, 2.75) is 57.8 Å². The van der Waals surface area contributed by atoms with Gasteiger partial charge in [0, 0.05) is 0 Å². The molecule has 1 saturated heterocycles. The van der Waals surface area contributed by atoms with Crippen LogP contribution in [0.3, 0.4) is 0 Å². The molecule has 4 heteroatoms. The highest BCUT2D eigenvalue weighted by Gasteiger charge is 2.48. The molecule has 122 valence electrons. The van der Waals surface area contributed by atoms with E-state index < -0.39 is 11.7 Å². The van der Waals surface area contributed by atoms with Crippen LogP contribution in [0.25, 0.3) is 0 Å². The molecule has 0 aliphatic carbocycles. The fourth-order valence-corrected chi connectivity index (χ4v) is 3.78. The number of likely N-dealkylation sites (tertiary alicyclic amines) is 1. The maximum atomic E-state index is 11.1. The van der Waals surface area contributed by atoms with Crippen molar-refractivity contribution in [2.24, 2.45) is 0 Å². The lowest BCUT2D eigenvalue weighted by atomic mass is 9.84. The van der Waals surface area contributed by atoms with Crippen molar-refractivity contribution in [1.82, 2.24) is 4.90 Å². The third kappa shape index (κ3) is 2.70. The van der Waals surface area contributed by atoms with E-state index in [-0.39, 0.29) is 6.04 Å². The first-order chi connectivity index (χ1) is 10.5. The molecular formula is C18H27NO3. The normalized spacial score (nSPS) is 27.3. The van der Waals surface area contributed by atoms with E-state index in [9.17, 15) is 5.11 Å². The van der Waals surface area contributed by atoms with Crippen LogP contribution in [0.4, 0.5) is 0 Å². The molecule has 2 atom stereocenters. The van der Waals surface area contributed by atoms with Gasteiger partial charge < -0.3 is 14.6 Å². The largest absolute Gasteiger partial charge is 0.493 e. The lowest BCUT2D eigenvalue weighted by Gasteiger charge is -2.47. The number of hydrogen-bond acceptors (Lipinski definition) is 4. The Kier molecular flexibility index (Phi) is 4.33. The minimum absolute atomic E-state index is 0.0334. The number of hydrogen-bond donors (Lipinski definition) is 1. The Hall–Kier alpha value is -1.26. The van der Waals surface area contributed by atoms with Crippen molar-refractivity contribution >= 4 is 0 Å². The minimum Gasteiger partial charge on any atom is -0.493 e. The Morgan fingerprint density at radius 1 is 1.32 bits per heavy atom. The number of aliphatic hydroxyl groups excluding tert-OH is 1. The SMILES string of the molecule is CCCOc1cccc2c1C(O)C(N1CCCC1)C(C)(C)O2. The van der Waals surface area contributed by atoms with Gasteiger partial charge in [-0.25, -0.2) is 0 Å². The van der Waals surface area contributed by atoms with E-state index in [4.69, 9.17) is 9.47 Å². The maximum Gasteiger partial charge on any atom is 0.129 e. The second-order valence-electron chi connectivity index (χ2n) is 6.85. The lowest BCUT2D eigenvalue weighted by Crippen LogP contribution is -2.57. The van der Waals surface area contributed by atoms with Crippen LogP contribution in [-0.4, -0.2) is 41.3 Å². The Balaban J connectivity index is 1.97. The van der Waals surface area contributed by atoms with Gasteiger partial charge in [-0.05, 0) is 58.3 Å². The summed E-state index contributed by atoms with van der Waals surface area (Å²) in [6.07, 6.45) is 2.76. The lowest BCUT2D eigenvalue weighted by molar-refractivity contribution is -0.0768. The molecule has 1 aromatic rings. The fraction of sp³-hybridized carbons (Fsp3) is 0.667. The Morgan fingerprint density at radius 3 is 2.73 bits per heavy atom. The second-order valence-corrected chi connectivity index (χ2v) is 6.85. The smallest absolute Gasteiger partial charge is 0.129 e. The first-order valence-corrected chi connectivity index (χ1v) is 8.41. The van der Waals surface area contributed by atoms with E-state index in [1.165, 1.54) is 12.8 Å². The summed E-state index contributed by atoms with van der Waals surface area (Å²) < 4.78 is 12.1. The van der Waals surface area contributed by atoms with Gasteiger partial charge in [0.05, 0.1) is 18.2 Å². The van der Waals surface area contributed by atoms with Crippen LogP contribution >= 0.6 is 0 Å². The van der Waals surface area contributed by atoms with Gasteiger partial charge in [-0.2, -0.15) is 0 Å². The molecule has 0 saturated carbocycles. The standard InChI is InChI=1S/C18H27NO3/c1-4-12-21-13-8-7-9-14-15(13)16(20)17(18(2,3)22-14)19-10-5-6-11-19/h7-9,16-17,20H,4-6,10-12H2,1-3H3. The highest BCUT2D eigenvalue weighted by Crippen LogP contribution is 2.46. The number of fused-ring (bicyclic) bond motifs is 1. The average Bonchev–Trinajstić information content (AvgIpc) is 2.97. The molecule has 0 radical (unpaired) electrons. The molecule has 22 heavy (non-hydrogen) atoms. The molecule has 0 spiro atoms. The van der Waals surface area contributed by atoms with Gasteiger partial charge in [-0.1, -0.05) is 13.0 Å². The molecule has 1 aromatic carbocycles. The van der Waals surface area contributed by atoms with Crippen molar-refractivity contribution in [2.75, 3.05) is 19.7 Å². The molecule has 0 bridgehead atoms. The van der Waals surface area contributed by atoms with Crippen LogP contribution in [0.1, 0.15) is 51.7 Å². The predicted octanol–water partition coefficient (Wildman–Crippen LogP) is 3.14. The molecule has 2 aliphatic rings. The first kappa shape index (κ1) is 15.6. The van der Waals surface area contributed by atoms with E-state index in [2.05, 4.69) is 25.7 Å². The van der Waals surface area contributed by atoms with Crippen LogP contribution < -0.4 is 9.47 Å². The molecule has 0 aromatic heterocycles. The average molecular weight is 305 g/mol. The zero-order chi connectivity index (χ0) is 15.7. The molecule has 0 amide bonds. The summed E-state index contributed by atoms with van der Waals surface area (Å²) in [5, 5.41) is 11.1. The van der Waals surface area contributed by atoms with E-state index in [0.29, 0.717) is 6.61 Å². The highest BCUT2D eigenvalue weighted by atomic mass is 16.5. The molecular weight excluding hydrogens is 278 g/mol. The number of rotatable bonds is 4. The predicted molar refractivity (Wildman–Crippen MR) is 86.5 cm³/mol. The summed E-state index contributed by atoms with van der Waals surface area (Å²) >= 11 is 0. The fourth-order valence-electron chi connectivity index (χ4n) is 3.78. The van der Waals surface area contributed by atoms with Crippen LogP contribution in [-0.2, 0) is 0 Å². The third-order valence-corrected chi connectivity index (χ3v) is 4.70. The van der Waals surface area contributed by atoms with Crippen molar-refractivity contribution in [1.29, 1.82) is 0 Å². The minimum atomic E-state index is -0.579. The molecule has 2 aliphatic heterocycles. The number of benzene rings is 1. The quantitative estimate of drug-likeness (QED) is 0.928. The molecule has 2 heterocycles. The molecule has 1 fully saturated rings. The number of ether oxygens (including phenoxy) is 2. The van der Waals surface area contributed by atoms with Gasteiger partial charge in [0.1, 0.15) is 23.2 Å². The topological polar surface area (TPSA) is 41.9 Å². The Labute approximate surface area is 133 Å². The zero-order valence-corrected chi connectivity index (χ0v) is 13.8. The van der Waals surface area contributed by atoms with Crippen LogP contribution in [0.5, 0.6) is 11.5 Å².